The Morgan fingerprint density at radius 2 is 1.94 bits per heavy atom. The monoisotopic (exact) mass is 497 g/mol. The predicted molar refractivity (Wildman–Crippen MR) is 115 cm³/mol. The third kappa shape index (κ3) is 5.07. The summed E-state index contributed by atoms with van der Waals surface area (Å²) in [5.41, 5.74) is -0.175. The van der Waals surface area contributed by atoms with Crippen molar-refractivity contribution in [3.63, 3.8) is 0 Å². The lowest BCUT2D eigenvalue weighted by molar-refractivity contribution is -0.150. The van der Waals surface area contributed by atoms with Crippen molar-refractivity contribution in [2.45, 2.75) is 23.2 Å². The lowest BCUT2D eigenvalue weighted by Gasteiger charge is -2.48. The standard InChI is InChI=1S/C19H19N3O9S2/c1-10-3-5-11(6-4-10)33(28,29)31-9-13(23)14(21-30-2)16(24)20-15-17(25)22-12(19(26)27)7-8-32-18(15)22/h3-7,15,18H,8-9H2,1-2H3,(H,20,24)(H,26,27)/b21-14-/t15?,18-/m1/s1. The van der Waals surface area contributed by atoms with Crippen LogP contribution in [0.1, 0.15) is 5.56 Å². The lowest BCUT2D eigenvalue weighted by Crippen LogP contribution is -2.70. The van der Waals surface area contributed by atoms with Gasteiger partial charge in [-0.15, -0.1) is 11.8 Å². The molecule has 1 aromatic rings. The molecule has 14 heteroatoms. The number of carbonyl (C=O) groups excluding carboxylic acids is 3. The summed E-state index contributed by atoms with van der Waals surface area (Å²) in [6, 6.07) is 4.62. The molecule has 176 valence electrons. The molecule has 0 spiro atoms. The Balaban J connectivity index is 1.66. The molecule has 2 aliphatic heterocycles. The molecule has 2 heterocycles. The van der Waals surface area contributed by atoms with E-state index >= 15 is 0 Å². The Labute approximate surface area is 192 Å². The molecule has 1 unspecified atom stereocenters. The summed E-state index contributed by atoms with van der Waals surface area (Å²) in [6.07, 6.45) is 1.38. The number of hydrogen-bond donors (Lipinski definition) is 2. The average molecular weight is 498 g/mol. The molecule has 1 saturated heterocycles. The van der Waals surface area contributed by atoms with Gasteiger partial charge in [0.15, 0.2) is 0 Å². The van der Waals surface area contributed by atoms with Crippen molar-refractivity contribution in [3.8, 4) is 0 Å². The minimum Gasteiger partial charge on any atom is -0.477 e. The Hall–Kier alpha value is -3.23. The molecule has 2 amide bonds. The van der Waals surface area contributed by atoms with Gasteiger partial charge < -0.3 is 15.3 Å². The van der Waals surface area contributed by atoms with E-state index in [9.17, 15) is 32.7 Å². The largest absolute Gasteiger partial charge is 0.477 e. The van der Waals surface area contributed by atoms with Crippen LogP contribution in [0, 0.1) is 6.92 Å². The molecule has 12 nitrogen and oxygen atoms in total. The maximum Gasteiger partial charge on any atom is 0.352 e. The lowest BCUT2D eigenvalue weighted by atomic mass is 10.0. The molecule has 1 fully saturated rings. The van der Waals surface area contributed by atoms with Gasteiger partial charge in [-0.05, 0) is 25.1 Å². The van der Waals surface area contributed by atoms with Crippen molar-refractivity contribution < 1.29 is 41.7 Å². The summed E-state index contributed by atoms with van der Waals surface area (Å²) in [4.78, 5) is 54.0. The second-order valence-corrected chi connectivity index (χ2v) is 9.62. The van der Waals surface area contributed by atoms with Crippen LogP contribution in [0.3, 0.4) is 0 Å². The highest BCUT2D eigenvalue weighted by atomic mass is 32.2. The van der Waals surface area contributed by atoms with Gasteiger partial charge in [0.2, 0.25) is 11.5 Å². The van der Waals surface area contributed by atoms with Crippen molar-refractivity contribution in [2.75, 3.05) is 19.5 Å². The van der Waals surface area contributed by atoms with Gasteiger partial charge in [0.05, 0.1) is 4.90 Å². The zero-order valence-corrected chi connectivity index (χ0v) is 19.0. The number of carboxylic acid groups (broad SMARTS) is 1. The number of ketones is 1. The van der Waals surface area contributed by atoms with Crippen LogP contribution in [0.5, 0.6) is 0 Å². The third-order valence-corrected chi connectivity index (χ3v) is 7.13. The van der Waals surface area contributed by atoms with Crippen LogP contribution in [0.15, 0.2) is 46.1 Å². The van der Waals surface area contributed by atoms with Crippen molar-refractivity contribution in [1.82, 2.24) is 10.2 Å². The number of oxime groups is 1. The van der Waals surface area contributed by atoms with Crippen molar-refractivity contribution in [1.29, 1.82) is 0 Å². The minimum absolute atomic E-state index is 0.174. The molecule has 0 aliphatic carbocycles. The van der Waals surface area contributed by atoms with E-state index in [0.29, 0.717) is 5.75 Å². The van der Waals surface area contributed by atoms with Crippen LogP contribution in [0.25, 0.3) is 0 Å². The summed E-state index contributed by atoms with van der Waals surface area (Å²) in [5.74, 6) is -3.83. The normalized spacial score (nSPS) is 20.3. The van der Waals surface area contributed by atoms with E-state index in [1.807, 2.05) is 0 Å². The number of benzene rings is 1. The summed E-state index contributed by atoms with van der Waals surface area (Å²) in [7, 11) is -3.20. The van der Waals surface area contributed by atoms with Crippen LogP contribution >= 0.6 is 11.8 Å². The molecule has 0 aromatic heterocycles. The molecule has 0 bridgehead atoms. The molecule has 1 aromatic carbocycles. The van der Waals surface area contributed by atoms with Crippen molar-refractivity contribution >= 4 is 51.2 Å². The summed E-state index contributed by atoms with van der Waals surface area (Å²) in [6.45, 7) is 0.740. The fraction of sp³-hybridized carbons (Fsp3) is 0.316. The van der Waals surface area contributed by atoms with Crippen molar-refractivity contribution in [2.24, 2.45) is 5.16 Å². The molecule has 33 heavy (non-hydrogen) atoms. The molecule has 2 N–H and O–H groups in total. The van der Waals surface area contributed by atoms with Gasteiger partial charge in [0, 0.05) is 5.75 Å². The van der Waals surface area contributed by atoms with E-state index in [1.165, 1.54) is 30.0 Å². The molecule has 0 radical (unpaired) electrons. The number of carbonyl (C=O) groups is 4. The van der Waals surface area contributed by atoms with Crippen LogP contribution in [-0.2, 0) is 38.3 Å². The second-order valence-electron chi connectivity index (χ2n) is 6.85. The first-order valence-corrected chi connectivity index (χ1v) is 11.8. The van der Waals surface area contributed by atoms with Gasteiger partial charge >= 0.3 is 5.97 Å². The first-order valence-electron chi connectivity index (χ1n) is 9.36. The highest BCUT2D eigenvalue weighted by Gasteiger charge is 2.53. The first kappa shape index (κ1) is 24.4. The number of nitrogens with one attached hydrogen (secondary N) is 1. The quantitative estimate of drug-likeness (QED) is 0.151. The number of hydrogen-bond acceptors (Lipinski definition) is 10. The zero-order chi connectivity index (χ0) is 24.3. The second kappa shape index (κ2) is 9.72. The Morgan fingerprint density at radius 3 is 2.55 bits per heavy atom. The van der Waals surface area contributed by atoms with E-state index in [4.69, 9.17) is 4.18 Å². The Kier molecular flexibility index (Phi) is 7.19. The number of rotatable bonds is 9. The number of Topliss-reactive ketones (excluding diaryl/α,β-unsaturated/α-hetero) is 1. The summed E-state index contributed by atoms with van der Waals surface area (Å²) >= 11 is 1.22. The fourth-order valence-electron chi connectivity index (χ4n) is 3.03. The number of fused-ring (bicyclic) bond motifs is 1. The number of nitrogens with zero attached hydrogens (tertiary/aromatic N) is 2. The molecular weight excluding hydrogens is 478 g/mol. The van der Waals surface area contributed by atoms with Crippen molar-refractivity contribution in [3.05, 3.63) is 41.6 Å². The Bertz CT molecular complexity index is 1160. The summed E-state index contributed by atoms with van der Waals surface area (Å²) in [5, 5.41) is 14.2. The highest BCUT2D eigenvalue weighted by Crippen LogP contribution is 2.37. The van der Waals surface area contributed by atoms with E-state index in [1.54, 1.807) is 19.1 Å². The number of aliphatic carboxylic acids is 1. The number of amides is 2. The van der Waals surface area contributed by atoms with E-state index in [2.05, 4.69) is 15.3 Å². The number of aryl methyl sites for hydroxylation is 1. The molecule has 2 aliphatic rings. The molecule has 3 rings (SSSR count). The SMILES string of the molecule is CO/N=C(/C(=O)COS(=O)(=O)c1ccc(C)cc1)C(=O)NC1C(=O)N2C(C(=O)O)=CCS[C@H]12. The van der Waals surface area contributed by atoms with E-state index < -0.39 is 57.4 Å². The third-order valence-electron chi connectivity index (χ3n) is 4.67. The topological polar surface area (TPSA) is 169 Å². The van der Waals surface area contributed by atoms with Gasteiger partial charge in [0.25, 0.3) is 21.9 Å². The van der Waals surface area contributed by atoms with Gasteiger partial charge in [-0.1, -0.05) is 22.9 Å². The molecular formula is C19H19N3O9S2. The van der Waals surface area contributed by atoms with E-state index in [-0.39, 0.29) is 10.6 Å². The van der Waals surface area contributed by atoms with Gasteiger partial charge in [-0.2, -0.15) is 8.42 Å². The van der Waals surface area contributed by atoms with Gasteiger partial charge in [0.1, 0.15) is 30.8 Å². The number of carboxylic acids is 1. The Morgan fingerprint density at radius 1 is 1.27 bits per heavy atom. The number of thioether (sulfide) groups is 1. The van der Waals surface area contributed by atoms with Crippen LogP contribution in [-0.4, -0.2) is 78.6 Å². The zero-order valence-electron chi connectivity index (χ0n) is 17.4. The van der Waals surface area contributed by atoms with Crippen LogP contribution < -0.4 is 5.32 Å². The van der Waals surface area contributed by atoms with Crippen LogP contribution in [0.2, 0.25) is 0 Å². The minimum atomic E-state index is -4.28. The number of β-lactam (4-membered cyclic amide) rings is 1. The molecule has 2 atom stereocenters. The molecule has 0 saturated carbocycles. The van der Waals surface area contributed by atoms with Crippen LogP contribution in [0.4, 0.5) is 0 Å². The summed E-state index contributed by atoms with van der Waals surface area (Å²) < 4.78 is 29.3. The fourth-order valence-corrected chi connectivity index (χ4v) is 5.09. The first-order chi connectivity index (χ1) is 15.6. The maximum atomic E-state index is 12.6. The predicted octanol–water partition coefficient (Wildman–Crippen LogP) is -0.360. The average Bonchev–Trinajstić information content (AvgIpc) is 2.78. The smallest absolute Gasteiger partial charge is 0.352 e. The highest BCUT2D eigenvalue weighted by molar-refractivity contribution is 8.00. The van der Waals surface area contributed by atoms with Gasteiger partial charge in [-0.25, -0.2) is 4.79 Å². The van der Waals surface area contributed by atoms with E-state index in [0.717, 1.165) is 17.6 Å². The van der Waals surface area contributed by atoms with Gasteiger partial charge in [-0.3, -0.25) is 23.5 Å². The maximum absolute atomic E-state index is 12.6.